The minimum absolute atomic E-state index is 0.0436. The zero-order chi connectivity index (χ0) is 17.7. The third-order valence-corrected chi connectivity index (χ3v) is 5.20. The Kier molecular flexibility index (Phi) is 3.73. The summed E-state index contributed by atoms with van der Waals surface area (Å²) in [5, 5.41) is 20.0. The van der Waals surface area contributed by atoms with E-state index in [1.165, 1.54) is 12.3 Å². The summed E-state index contributed by atoms with van der Waals surface area (Å²) in [7, 11) is 0. The lowest BCUT2D eigenvalue weighted by molar-refractivity contribution is 0.103. The van der Waals surface area contributed by atoms with E-state index in [-0.39, 0.29) is 27.1 Å². The van der Waals surface area contributed by atoms with E-state index >= 15 is 0 Å². The SMILES string of the molecule is O=C(c1cnc2nc3ccccc3n2c1)c1cc(Br)c(O)c(Br)c1O. The number of aromatic hydroxyl groups is 2. The molecule has 4 aromatic rings. The summed E-state index contributed by atoms with van der Waals surface area (Å²) >= 11 is 6.24. The van der Waals surface area contributed by atoms with E-state index in [2.05, 4.69) is 41.8 Å². The van der Waals surface area contributed by atoms with Crippen molar-refractivity contribution in [3.8, 4) is 11.5 Å². The summed E-state index contributed by atoms with van der Waals surface area (Å²) in [6.45, 7) is 0. The van der Waals surface area contributed by atoms with Gasteiger partial charge in [-0.1, -0.05) is 12.1 Å². The second-order valence-corrected chi connectivity index (χ2v) is 7.01. The highest BCUT2D eigenvalue weighted by atomic mass is 79.9. The van der Waals surface area contributed by atoms with E-state index in [0.717, 1.165) is 11.0 Å². The second kappa shape index (κ2) is 5.82. The van der Waals surface area contributed by atoms with Crippen molar-refractivity contribution in [2.45, 2.75) is 0 Å². The number of ketones is 1. The molecular formula is C17H9Br2N3O3. The number of carbonyl (C=O) groups excluding carboxylic acids is 1. The first-order valence-electron chi connectivity index (χ1n) is 7.15. The van der Waals surface area contributed by atoms with Crippen LogP contribution in [0, 0.1) is 0 Å². The van der Waals surface area contributed by atoms with E-state index < -0.39 is 5.78 Å². The molecule has 6 nitrogen and oxygen atoms in total. The van der Waals surface area contributed by atoms with Crippen LogP contribution < -0.4 is 0 Å². The number of hydrogen-bond donors (Lipinski definition) is 2. The first-order chi connectivity index (χ1) is 12.0. The Bertz CT molecular complexity index is 1170. The molecule has 2 aromatic heterocycles. The number of phenols is 2. The van der Waals surface area contributed by atoms with E-state index in [9.17, 15) is 15.0 Å². The minimum Gasteiger partial charge on any atom is -0.506 e. The van der Waals surface area contributed by atoms with Gasteiger partial charge in [0.15, 0.2) is 5.78 Å². The molecular weight excluding hydrogens is 454 g/mol. The molecule has 0 saturated carbocycles. The third-order valence-electron chi connectivity index (χ3n) is 3.84. The van der Waals surface area contributed by atoms with Gasteiger partial charge in [-0.2, -0.15) is 0 Å². The fraction of sp³-hybridized carbons (Fsp3) is 0. The van der Waals surface area contributed by atoms with Gasteiger partial charge in [-0.3, -0.25) is 9.20 Å². The van der Waals surface area contributed by atoms with Crippen molar-refractivity contribution in [3.63, 3.8) is 0 Å². The van der Waals surface area contributed by atoms with Crippen LogP contribution >= 0.6 is 31.9 Å². The van der Waals surface area contributed by atoms with Gasteiger partial charge in [0.1, 0.15) is 16.0 Å². The summed E-state index contributed by atoms with van der Waals surface area (Å²) in [6.07, 6.45) is 3.05. The van der Waals surface area contributed by atoms with Crippen molar-refractivity contribution in [2.75, 3.05) is 0 Å². The van der Waals surface area contributed by atoms with Crippen LogP contribution in [-0.4, -0.2) is 30.4 Å². The van der Waals surface area contributed by atoms with Gasteiger partial charge < -0.3 is 10.2 Å². The molecule has 8 heteroatoms. The zero-order valence-electron chi connectivity index (χ0n) is 12.4. The molecule has 0 unspecified atom stereocenters. The van der Waals surface area contributed by atoms with E-state index in [1.54, 1.807) is 10.6 Å². The summed E-state index contributed by atoms with van der Waals surface area (Å²) in [5.74, 6) is -0.453. The highest BCUT2D eigenvalue weighted by molar-refractivity contribution is 9.11. The number of phenolic OH excluding ortho intramolecular Hbond substituents is 2. The molecule has 2 aromatic carbocycles. The average molecular weight is 463 g/mol. The van der Waals surface area contributed by atoms with Crippen molar-refractivity contribution in [1.82, 2.24) is 14.4 Å². The molecule has 0 fully saturated rings. The lowest BCUT2D eigenvalue weighted by Gasteiger charge is -2.09. The number of carbonyl (C=O) groups is 1. The van der Waals surface area contributed by atoms with Crippen LogP contribution in [0.4, 0.5) is 0 Å². The van der Waals surface area contributed by atoms with E-state index in [1.807, 2.05) is 24.3 Å². The number of imidazole rings is 1. The number of nitrogens with zero attached hydrogens (tertiary/aromatic N) is 3. The Morgan fingerprint density at radius 3 is 2.68 bits per heavy atom. The zero-order valence-corrected chi connectivity index (χ0v) is 15.6. The maximum absolute atomic E-state index is 12.8. The number of rotatable bonds is 2. The second-order valence-electron chi connectivity index (χ2n) is 5.36. The number of aromatic nitrogens is 3. The summed E-state index contributed by atoms with van der Waals surface area (Å²) in [6, 6.07) is 8.88. The lowest BCUT2D eigenvalue weighted by Crippen LogP contribution is -2.05. The highest BCUT2D eigenvalue weighted by Crippen LogP contribution is 2.41. The monoisotopic (exact) mass is 461 g/mol. The topological polar surface area (TPSA) is 87.7 Å². The molecule has 0 spiro atoms. The molecule has 124 valence electrons. The normalized spacial score (nSPS) is 11.3. The van der Waals surface area contributed by atoms with Crippen molar-refractivity contribution < 1.29 is 15.0 Å². The fourth-order valence-corrected chi connectivity index (χ4v) is 3.71. The molecule has 0 atom stereocenters. The minimum atomic E-state index is -0.425. The number of benzene rings is 2. The molecule has 0 aliphatic carbocycles. The maximum atomic E-state index is 12.8. The molecule has 4 rings (SSSR count). The molecule has 0 aliphatic heterocycles. The standard InChI is InChI=1S/C17H9Br2N3O3/c18-10-5-9(15(24)13(19)16(10)25)14(23)8-6-20-17-21-11-3-1-2-4-12(11)22(17)7-8/h1-7,24-25H. The van der Waals surface area contributed by atoms with Crippen LogP contribution in [0.3, 0.4) is 0 Å². The fourth-order valence-electron chi connectivity index (χ4n) is 2.59. The van der Waals surface area contributed by atoms with Gasteiger partial charge in [0.05, 0.1) is 26.6 Å². The average Bonchev–Trinajstić information content (AvgIpc) is 3.00. The lowest BCUT2D eigenvalue weighted by atomic mass is 10.0. The smallest absolute Gasteiger partial charge is 0.234 e. The van der Waals surface area contributed by atoms with Crippen LogP contribution in [0.5, 0.6) is 11.5 Å². The van der Waals surface area contributed by atoms with Gasteiger partial charge in [0.25, 0.3) is 0 Å². The molecule has 0 amide bonds. The molecule has 2 heterocycles. The molecule has 2 N–H and O–H groups in total. The van der Waals surface area contributed by atoms with Crippen molar-refractivity contribution >= 4 is 54.5 Å². The molecule has 0 bridgehead atoms. The molecule has 0 radical (unpaired) electrons. The highest BCUT2D eigenvalue weighted by Gasteiger charge is 2.21. The largest absolute Gasteiger partial charge is 0.506 e. The number of hydrogen-bond acceptors (Lipinski definition) is 5. The Morgan fingerprint density at radius 1 is 1.12 bits per heavy atom. The third kappa shape index (κ3) is 2.49. The van der Waals surface area contributed by atoms with Crippen LogP contribution in [0.2, 0.25) is 0 Å². The predicted octanol–water partition coefficient (Wildman–Crippen LogP) is 4.05. The number of para-hydroxylation sites is 2. The van der Waals surface area contributed by atoms with Crippen LogP contribution in [-0.2, 0) is 0 Å². The summed E-state index contributed by atoms with van der Waals surface area (Å²) in [5.41, 5.74) is 1.94. The first kappa shape index (κ1) is 16.0. The van der Waals surface area contributed by atoms with Crippen molar-refractivity contribution in [2.24, 2.45) is 0 Å². The quantitative estimate of drug-likeness (QED) is 0.439. The maximum Gasteiger partial charge on any atom is 0.234 e. The Labute approximate surface area is 158 Å². The predicted molar refractivity (Wildman–Crippen MR) is 99.1 cm³/mol. The van der Waals surface area contributed by atoms with Gasteiger partial charge in [0, 0.05) is 12.4 Å². The van der Waals surface area contributed by atoms with E-state index in [0.29, 0.717) is 10.3 Å². The van der Waals surface area contributed by atoms with Gasteiger partial charge in [-0.15, -0.1) is 0 Å². The first-order valence-corrected chi connectivity index (χ1v) is 8.73. The van der Waals surface area contributed by atoms with Gasteiger partial charge >= 0.3 is 0 Å². The molecule has 0 saturated heterocycles. The van der Waals surface area contributed by atoms with Crippen LogP contribution in [0.25, 0.3) is 16.8 Å². The van der Waals surface area contributed by atoms with Crippen molar-refractivity contribution in [1.29, 1.82) is 0 Å². The Hall–Kier alpha value is -2.45. The molecule has 0 aliphatic rings. The van der Waals surface area contributed by atoms with Crippen molar-refractivity contribution in [3.05, 3.63) is 62.8 Å². The van der Waals surface area contributed by atoms with Crippen LogP contribution in [0.1, 0.15) is 15.9 Å². The van der Waals surface area contributed by atoms with Gasteiger partial charge in [-0.05, 0) is 50.1 Å². The number of fused-ring (bicyclic) bond motifs is 3. The summed E-state index contributed by atoms with van der Waals surface area (Å²) < 4.78 is 2.07. The Morgan fingerprint density at radius 2 is 1.88 bits per heavy atom. The van der Waals surface area contributed by atoms with E-state index in [4.69, 9.17) is 0 Å². The van der Waals surface area contributed by atoms with Gasteiger partial charge in [-0.25, -0.2) is 9.97 Å². The summed E-state index contributed by atoms with van der Waals surface area (Å²) in [4.78, 5) is 21.4. The van der Waals surface area contributed by atoms with Crippen LogP contribution in [0.15, 0.2) is 51.7 Å². The van der Waals surface area contributed by atoms with Gasteiger partial charge in [0.2, 0.25) is 5.78 Å². The Balaban J connectivity index is 1.90. The molecule has 25 heavy (non-hydrogen) atoms. The number of halogens is 2.